The molecule has 0 bridgehead atoms. The molecule has 0 amide bonds. The van der Waals surface area contributed by atoms with E-state index in [1.54, 1.807) is 0 Å². The van der Waals surface area contributed by atoms with E-state index in [1.807, 2.05) is 0 Å². The van der Waals surface area contributed by atoms with Gasteiger partial charge in [-0.3, -0.25) is 0 Å². The number of aliphatic hydroxyl groups is 1. The minimum Gasteiger partial charge on any atom is -0.489 e. The molecule has 0 rings (SSSR count). The Balaban J connectivity index is 3.91. The van der Waals surface area contributed by atoms with Crippen LogP contribution < -0.4 is 0 Å². The van der Waals surface area contributed by atoms with Crippen LogP contribution in [0.3, 0.4) is 0 Å². The van der Waals surface area contributed by atoms with Crippen LogP contribution >= 0.6 is 9.24 Å². The van der Waals surface area contributed by atoms with Crippen molar-refractivity contribution in [2.24, 2.45) is 0 Å². The van der Waals surface area contributed by atoms with Gasteiger partial charge in [0.25, 0.3) is 0 Å². The molecule has 40 heavy (non-hydrogen) atoms. The maximum atomic E-state index is 11.7. The lowest BCUT2D eigenvalue weighted by Gasteiger charge is -2.49. The topological polar surface area (TPSA) is 20.2 Å². The van der Waals surface area contributed by atoms with Crippen molar-refractivity contribution in [1.29, 1.82) is 0 Å². The first-order valence-corrected chi connectivity index (χ1v) is 19.1. The lowest BCUT2D eigenvalue weighted by Crippen LogP contribution is -2.55. The number of hydrogen-bond donors (Lipinski definition) is 1. The molecule has 0 aromatic heterocycles. The molecular formula is C37H78NOP. The molecule has 0 aliphatic rings. The lowest BCUT2D eigenvalue weighted by atomic mass is 9.88. The van der Waals surface area contributed by atoms with Crippen LogP contribution in [0.15, 0.2) is 0 Å². The second kappa shape index (κ2) is 28.1. The molecule has 3 heteroatoms. The summed E-state index contributed by atoms with van der Waals surface area (Å²) >= 11 is 0. The standard InChI is InChI=1S/C37H78NOP/c1-6-8-10-12-14-16-18-20-22-24-26-28-30-32-34-37(39,36(40)38(3,4)5)35-33-31-29-27-25-23-21-19-17-15-13-11-9-7-2/h36,39-40H,6-35H2,1-5H3. The first-order valence-electron chi connectivity index (χ1n) is 18.5. The van der Waals surface area contributed by atoms with E-state index in [2.05, 4.69) is 44.2 Å². The van der Waals surface area contributed by atoms with E-state index in [0.717, 1.165) is 30.2 Å². The maximum Gasteiger partial charge on any atom is 0.0878 e. The fourth-order valence-electron chi connectivity index (χ4n) is 6.37. The Hall–Kier alpha value is 0.350. The Labute approximate surface area is 257 Å². The second-order valence-corrected chi connectivity index (χ2v) is 14.9. The molecule has 1 unspecified atom stereocenters. The number of rotatable bonds is 32. The molecule has 1 N–H and O–H groups in total. The SMILES string of the molecule is CCCCCCCCCCCCCCCCC(O)(CCCCCCCCCCCCCCCC)C([PH-])[N+](C)(C)C. The maximum absolute atomic E-state index is 11.7. The van der Waals surface area contributed by atoms with Gasteiger partial charge >= 0.3 is 0 Å². The van der Waals surface area contributed by atoms with E-state index in [1.165, 1.54) is 167 Å². The number of quaternary nitrogens is 1. The number of hydrogen-bond acceptors (Lipinski definition) is 1. The van der Waals surface area contributed by atoms with Crippen LogP contribution in [-0.2, 0) is 0 Å². The molecule has 0 saturated carbocycles. The van der Waals surface area contributed by atoms with E-state index in [0.29, 0.717) is 0 Å². The molecule has 0 saturated heterocycles. The molecule has 0 radical (unpaired) electrons. The zero-order valence-electron chi connectivity index (χ0n) is 28.7. The van der Waals surface area contributed by atoms with Crippen molar-refractivity contribution >= 4 is 9.24 Å². The second-order valence-electron chi connectivity index (χ2n) is 14.3. The highest BCUT2D eigenvalue weighted by Crippen LogP contribution is 2.34. The third-order valence-corrected chi connectivity index (χ3v) is 10.5. The monoisotopic (exact) mass is 584 g/mol. The fraction of sp³-hybridized carbons (Fsp3) is 1.00. The van der Waals surface area contributed by atoms with Gasteiger partial charge in [0.2, 0.25) is 0 Å². The molecule has 0 fully saturated rings. The Bertz CT molecular complexity index is 471. The van der Waals surface area contributed by atoms with E-state index in [4.69, 9.17) is 0 Å². The van der Waals surface area contributed by atoms with Crippen LogP contribution in [0, 0.1) is 0 Å². The number of nitrogens with zero attached hydrogens (tertiary/aromatic N) is 1. The highest BCUT2D eigenvalue weighted by molar-refractivity contribution is 7.17. The van der Waals surface area contributed by atoms with Gasteiger partial charge in [-0.1, -0.05) is 194 Å². The van der Waals surface area contributed by atoms with Crippen LogP contribution in [0.25, 0.3) is 0 Å². The van der Waals surface area contributed by atoms with Gasteiger partial charge in [-0.15, -0.1) is 0 Å². The predicted molar refractivity (Wildman–Crippen MR) is 185 cm³/mol. The number of likely N-dealkylation sites (N-methyl/N-ethyl adjacent to an activating group) is 1. The number of unbranched alkanes of at least 4 members (excludes halogenated alkanes) is 26. The molecule has 2 nitrogen and oxygen atoms in total. The quantitative estimate of drug-likeness (QED) is 0.0474. The van der Waals surface area contributed by atoms with E-state index in [-0.39, 0.29) is 5.78 Å². The molecule has 0 spiro atoms. The Morgan fingerprint density at radius 2 is 0.625 bits per heavy atom. The van der Waals surface area contributed by atoms with Crippen molar-refractivity contribution < 1.29 is 9.59 Å². The summed E-state index contributed by atoms with van der Waals surface area (Å²) in [6.07, 6.45) is 40.7. The Kier molecular flexibility index (Phi) is 28.4. The molecule has 0 aliphatic carbocycles. The summed E-state index contributed by atoms with van der Waals surface area (Å²) in [5.74, 6) is 0.0939. The fourth-order valence-corrected chi connectivity index (χ4v) is 6.66. The van der Waals surface area contributed by atoms with Gasteiger partial charge in [0.05, 0.1) is 26.7 Å². The van der Waals surface area contributed by atoms with Crippen LogP contribution in [-0.4, -0.2) is 42.1 Å². The van der Waals surface area contributed by atoms with Gasteiger partial charge < -0.3 is 18.8 Å². The van der Waals surface area contributed by atoms with Crippen molar-refractivity contribution in [2.45, 2.75) is 218 Å². The van der Waals surface area contributed by atoms with Crippen molar-refractivity contribution in [3.05, 3.63) is 0 Å². The van der Waals surface area contributed by atoms with Crippen molar-refractivity contribution in [2.75, 3.05) is 21.1 Å². The van der Waals surface area contributed by atoms with E-state index < -0.39 is 5.60 Å². The van der Waals surface area contributed by atoms with Crippen LogP contribution in [0.5, 0.6) is 0 Å². The van der Waals surface area contributed by atoms with Gasteiger partial charge in [-0.2, -0.15) is 0 Å². The summed E-state index contributed by atoms with van der Waals surface area (Å²) in [4.78, 5) is 0. The predicted octanol–water partition coefficient (Wildman–Crippen LogP) is 12.6. The van der Waals surface area contributed by atoms with Crippen molar-refractivity contribution in [1.82, 2.24) is 0 Å². The summed E-state index contributed by atoms with van der Waals surface area (Å²) in [6, 6.07) is 0. The highest BCUT2D eigenvalue weighted by atomic mass is 31.0. The summed E-state index contributed by atoms with van der Waals surface area (Å²) in [5.41, 5.74) is -0.594. The summed E-state index contributed by atoms with van der Waals surface area (Å²) < 4.78 is 0.768. The molecular weight excluding hydrogens is 505 g/mol. The van der Waals surface area contributed by atoms with Crippen molar-refractivity contribution in [3.8, 4) is 0 Å². The Morgan fingerprint density at radius 3 is 0.825 bits per heavy atom. The lowest BCUT2D eigenvalue weighted by molar-refractivity contribution is -0.888. The molecule has 0 aromatic carbocycles. The van der Waals surface area contributed by atoms with Gasteiger partial charge in [0.1, 0.15) is 0 Å². The summed E-state index contributed by atoms with van der Waals surface area (Å²) in [5, 5.41) is 11.7. The molecule has 0 aliphatic heterocycles. The molecule has 0 heterocycles. The van der Waals surface area contributed by atoms with Crippen molar-refractivity contribution in [3.63, 3.8) is 0 Å². The average Bonchev–Trinajstić information content (AvgIpc) is 2.92. The third-order valence-electron chi connectivity index (χ3n) is 9.21. The summed E-state index contributed by atoms with van der Waals surface area (Å²) in [7, 11) is 10.6. The zero-order chi connectivity index (χ0) is 29.8. The minimum atomic E-state index is -0.594. The summed E-state index contributed by atoms with van der Waals surface area (Å²) in [6.45, 7) is 4.59. The van der Waals surface area contributed by atoms with Crippen LogP contribution in [0.1, 0.15) is 206 Å². The van der Waals surface area contributed by atoms with Gasteiger partial charge in [-0.25, -0.2) is 0 Å². The first kappa shape index (κ1) is 40.4. The van der Waals surface area contributed by atoms with E-state index in [9.17, 15) is 5.11 Å². The van der Waals surface area contributed by atoms with E-state index >= 15 is 0 Å². The van der Waals surface area contributed by atoms with Crippen LogP contribution in [0.4, 0.5) is 0 Å². The van der Waals surface area contributed by atoms with Gasteiger partial charge in [-0.05, 0) is 18.6 Å². The van der Waals surface area contributed by atoms with Gasteiger partial charge in [0, 0.05) is 0 Å². The normalized spacial score (nSPS) is 13.3. The smallest absolute Gasteiger partial charge is 0.0878 e. The third kappa shape index (κ3) is 24.9. The average molecular weight is 584 g/mol. The first-order chi connectivity index (χ1) is 19.3. The van der Waals surface area contributed by atoms with Crippen LogP contribution in [0.2, 0.25) is 0 Å². The zero-order valence-corrected chi connectivity index (χ0v) is 29.7. The highest BCUT2D eigenvalue weighted by Gasteiger charge is 2.35. The molecule has 242 valence electrons. The molecule has 0 aromatic rings. The minimum absolute atomic E-state index is 0.0939. The Morgan fingerprint density at radius 1 is 0.425 bits per heavy atom. The molecule has 1 atom stereocenters. The largest absolute Gasteiger partial charge is 0.489 e. The van der Waals surface area contributed by atoms with Gasteiger partial charge in [0.15, 0.2) is 0 Å².